The molecule has 0 saturated heterocycles. The molecule has 0 amide bonds. The van der Waals surface area contributed by atoms with Gasteiger partial charge < -0.3 is 0 Å². The molecule has 0 heterocycles. The predicted octanol–water partition coefficient (Wildman–Crippen LogP) is 4.30. The Labute approximate surface area is 92.8 Å². The second-order valence-electron chi connectivity index (χ2n) is 4.16. The monoisotopic (exact) mass is 226 g/mol. The van der Waals surface area contributed by atoms with Gasteiger partial charge in [0.25, 0.3) is 0 Å². The van der Waals surface area contributed by atoms with Crippen molar-refractivity contribution >= 4 is 0 Å². The van der Waals surface area contributed by atoms with Gasteiger partial charge in [-0.15, -0.1) is 0 Å². The number of halogens is 3. The molecule has 2 rings (SSSR count). The van der Waals surface area contributed by atoms with Crippen molar-refractivity contribution in [1.82, 2.24) is 0 Å². The normalized spacial score (nSPS) is 24.9. The van der Waals surface area contributed by atoms with E-state index < -0.39 is 12.6 Å². The van der Waals surface area contributed by atoms with E-state index in [0.29, 0.717) is 11.8 Å². The van der Waals surface area contributed by atoms with E-state index in [2.05, 4.69) is 0 Å². The molecule has 1 aromatic carbocycles. The van der Waals surface area contributed by atoms with E-state index in [4.69, 9.17) is 0 Å². The zero-order valence-corrected chi connectivity index (χ0v) is 8.74. The van der Waals surface area contributed by atoms with E-state index in [-0.39, 0.29) is 0 Å². The van der Waals surface area contributed by atoms with Crippen LogP contribution in [0.4, 0.5) is 13.2 Å². The minimum atomic E-state index is -4.08. The molecule has 16 heavy (non-hydrogen) atoms. The SMILES string of the molecule is FC(F)(F)C/C=C/[C@@H]1C[C@H]1c1ccccc1. The Morgan fingerprint density at radius 3 is 2.50 bits per heavy atom. The smallest absolute Gasteiger partial charge is 0.171 e. The largest absolute Gasteiger partial charge is 0.392 e. The molecule has 0 N–H and O–H groups in total. The van der Waals surface area contributed by atoms with Crippen molar-refractivity contribution in [3.05, 3.63) is 48.0 Å². The van der Waals surface area contributed by atoms with Crippen LogP contribution >= 0.6 is 0 Å². The van der Waals surface area contributed by atoms with Gasteiger partial charge in [0.2, 0.25) is 0 Å². The third kappa shape index (κ3) is 3.12. The summed E-state index contributed by atoms with van der Waals surface area (Å²) in [6.45, 7) is 0. The van der Waals surface area contributed by atoms with Gasteiger partial charge in [-0.3, -0.25) is 0 Å². The van der Waals surface area contributed by atoms with Gasteiger partial charge in [0.1, 0.15) is 0 Å². The number of alkyl halides is 3. The van der Waals surface area contributed by atoms with Gasteiger partial charge in [-0.25, -0.2) is 0 Å². The van der Waals surface area contributed by atoms with E-state index >= 15 is 0 Å². The molecule has 1 saturated carbocycles. The van der Waals surface area contributed by atoms with Crippen LogP contribution in [0.3, 0.4) is 0 Å². The van der Waals surface area contributed by atoms with Gasteiger partial charge in [0, 0.05) is 0 Å². The Morgan fingerprint density at radius 1 is 1.19 bits per heavy atom. The molecule has 0 bridgehead atoms. The summed E-state index contributed by atoms with van der Waals surface area (Å²) in [5.41, 5.74) is 1.23. The van der Waals surface area contributed by atoms with Crippen molar-refractivity contribution in [2.45, 2.75) is 24.9 Å². The molecule has 1 fully saturated rings. The summed E-state index contributed by atoms with van der Waals surface area (Å²) in [5.74, 6) is 0.718. The van der Waals surface area contributed by atoms with Crippen LogP contribution in [0.2, 0.25) is 0 Å². The topological polar surface area (TPSA) is 0 Å². The fourth-order valence-electron chi connectivity index (χ4n) is 1.89. The molecular formula is C13H13F3. The van der Waals surface area contributed by atoms with Crippen LogP contribution in [0, 0.1) is 5.92 Å². The highest BCUT2D eigenvalue weighted by atomic mass is 19.4. The van der Waals surface area contributed by atoms with Crippen LogP contribution in [0.5, 0.6) is 0 Å². The summed E-state index contributed by atoms with van der Waals surface area (Å²) in [6, 6.07) is 9.93. The first-order valence-corrected chi connectivity index (χ1v) is 5.34. The zero-order valence-electron chi connectivity index (χ0n) is 8.74. The van der Waals surface area contributed by atoms with Crippen molar-refractivity contribution in [3.8, 4) is 0 Å². The molecule has 0 spiro atoms. The van der Waals surface area contributed by atoms with Crippen molar-refractivity contribution < 1.29 is 13.2 Å². The fourth-order valence-corrected chi connectivity index (χ4v) is 1.89. The quantitative estimate of drug-likeness (QED) is 0.674. The number of hydrogen-bond acceptors (Lipinski definition) is 0. The van der Waals surface area contributed by atoms with Crippen molar-refractivity contribution in [2.75, 3.05) is 0 Å². The third-order valence-corrected chi connectivity index (χ3v) is 2.80. The van der Waals surface area contributed by atoms with E-state index in [1.807, 2.05) is 30.3 Å². The van der Waals surface area contributed by atoms with E-state index in [9.17, 15) is 13.2 Å². The average Bonchev–Trinajstić information content (AvgIpc) is 2.97. The Morgan fingerprint density at radius 2 is 1.88 bits per heavy atom. The van der Waals surface area contributed by atoms with E-state index in [0.717, 1.165) is 6.42 Å². The van der Waals surface area contributed by atoms with Crippen LogP contribution in [0.15, 0.2) is 42.5 Å². The Kier molecular flexibility index (Phi) is 3.03. The highest BCUT2D eigenvalue weighted by Gasteiger charge is 2.36. The minimum Gasteiger partial charge on any atom is -0.171 e. The van der Waals surface area contributed by atoms with Gasteiger partial charge in [0.15, 0.2) is 0 Å². The summed E-state index contributed by atoms with van der Waals surface area (Å²) in [4.78, 5) is 0. The maximum Gasteiger partial charge on any atom is 0.392 e. The molecule has 0 unspecified atom stereocenters. The molecule has 3 heteroatoms. The van der Waals surface area contributed by atoms with Crippen molar-refractivity contribution in [3.63, 3.8) is 0 Å². The van der Waals surface area contributed by atoms with Crippen LogP contribution in [0.25, 0.3) is 0 Å². The predicted molar refractivity (Wildman–Crippen MR) is 57.1 cm³/mol. The average molecular weight is 226 g/mol. The van der Waals surface area contributed by atoms with Gasteiger partial charge in [-0.1, -0.05) is 42.5 Å². The molecule has 0 aliphatic heterocycles. The van der Waals surface area contributed by atoms with Crippen LogP contribution in [0.1, 0.15) is 24.3 Å². The first-order valence-electron chi connectivity index (χ1n) is 5.34. The summed E-state index contributed by atoms with van der Waals surface area (Å²) in [5, 5.41) is 0. The van der Waals surface area contributed by atoms with Gasteiger partial charge in [-0.2, -0.15) is 13.2 Å². The fraction of sp³-hybridized carbons (Fsp3) is 0.385. The van der Waals surface area contributed by atoms with Crippen LogP contribution < -0.4 is 0 Å². The summed E-state index contributed by atoms with van der Waals surface area (Å²) in [6.07, 6.45) is -0.976. The lowest BCUT2D eigenvalue weighted by Crippen LogP contribution is -2.04. The van der Waals surface area contributed by atoms with E-state index in [1.54, 1.807) is 6.08 Å². The molecule has 0 radical (unpaired) electrons. The second-order valence-corrected chi connectivity index (χ2v) is 4.16. The highest BCUT2D eigenvalue weighted by molar-refractivity contribution is 5.28. The summed E-state index contributed by atoms with van der Waals surface area (Å²) in [7, 11) is 0. The molecule has 0 aromatic heterocycles. The van der Waals surface area contributed by atoms with Crippen LogP contribution in [-0.2, 0) is 0 Å². The van der Waals surface area contributed by atoms with E-state index in [1.165, 1.54) is 11.6 Å². The first kappa shape index (κ1) is 11.2. The summed E-state index contributed by atoms with van der Waals surface area (Å²) >= 11 is 0. The number of benzene rings is 1. The molecule has 1 aromatic rings. The molecule has 1 aliphatic rings. The maximum absolute atomic E-state index is 11.9. The lowest BCUT2D eigenvalue weighted by Gasteiger charge is -2.00. The molecule has 0 nitrogen and oxygen atoms in total. The lowest BCUT2D eigenvalue weighted by atomic mass is 10.1. The highest BCUT2D eigenvalue weighted by Crippen LogP contribution is 2.48. The third-order valence-electron chi connectivity index (χ3n) is 2.80. The lowest BCUT2D eigenvalue weighted by molar-refractivity contribution is -0.125. The molecular weight excluding hydrogens is 213 g/mol. The van der Waals surface area contributed by atoms with Gasteiger partial charge >= 0.3 is 6.18 Å². The van der Waals surface area contributed by atoms with Crippen LogP contribution in [-0.4, -0.2) is 6.18 Å². The molecule has 1 aliphatic carbocycles. The van der Waals surface area contributed by atoms with Gasteiger partial charge in [0.05, 0.1) is 6.42 Å². The molecule has 2 atom stereocenters. The number of allylic oxidation sites excluding steroid dienone is 2. The standard InChI is InChI=1S/C13H13F3/c14-13(15,16)8-4-7-11-9-12(11)10-5-2-1-3-6-10/h1-7,11-12H,8-9H2/b7-4+/t11-,12+/m1/s1. The zero-order chi connectivity index (χ0) is 11.6. The molecule has 86 valence electrons. The first-order chi connectivity index (χ1) is 7.56. The summed E-state index contributed by atoms with van der Waals surface area (Å²) < 4.78 is 35.7. The minimum absolute atomic E-state index is 0.296. The Hall–Kier alpha value is -1.25. The van der Waals surface area contributed by atoms with Crippen molar-refractivity contribution in [2.24, 2.45) is 5.92 Å². The van der Waals surface area contributed by atoms with Crippen molar-refractivity contribution in [1.29, 1.82) is 0 Å². The maximum atomic E-state index is 11.9. The number of rotatable bonds is 3. The van der Waals surface area contributed by atoms with Gasteiger partial charge in [-0.05, 0) is 23.8 Å². The second kappa shape index (κ2) is 4.32. The Balaban J connectivity index is 1.84. The Bertz CT molecular complexity index is 365. The number of hydrogen-bond donors (Lipinski definition) is 0.